The molecular weight excluding hydrogens is 378 g/mol. The number of nitro groups is 2. The first-order valence-electron chi connectivity index (χ1n) is 9.30. The van der Waals surface area contributed by atoms with Gasteiger partial charge in [-0.3, -0.25) is 20.2 Å². The maximum Gasteiger partial charge on any atom is 0.321 e. The standard InChI is InChI=1S/C20H21N3O6/c1-13(17-7-2-3-8-18(17)14-5-4-6-16(24)11-14)21-29-20-10-9-15(22(25)26)12-19(20)23(27)28/h4-6,9-12,17-18,24H,2-3,7-8H2,1H3/b21-13+/t17-,18-/m0/s1. The van der Waals surface area contributed by atoms with E-state index in [0.29, 0.717) is 5.71 Å². The molecule has 1 saturated carbocycles. The monoisotopic (exact) mass is 399 g/mol. The molecule has 2 atom stereocenters. The van der Waals surface area contributed by atoms with Crippen LogP contribution in [-0.4, -0.2) is 20.7 Å². The molecule has 9 nitrogen and oxygen atoms in total. The largest absolute Gasteiger partial charge is 0.508 e. The van der Waals surface area contributed by atoms with Crippen molar-refractivity contribution < 1.29 is 19.8 Å². The second-order valence-electron chi connectivity index (χ2n) is 7.08. The zero-order chi connectivity index (χ0) is 21.0. The molecule has 0 aromatic heterocycles. The Morgan fingerprint density at radius 2 is 1.86 bits per heavy atom. The third-order valence-electron chi connectivity index (χ3n) is 5.24. The molecule has 29 heavy (non-hydrogen) atoms. The molecule has 1 aliphatic rings. The molecule has 1 N–H and O–H groups in total. The quantitative estimate of drug-likeness (QED) is 0.416. The van der Waals surface area contributed by atoms with Crippen molar-refractivity contribution in [1.29, 1.82) is 0 Å². The van der Waals surface area contributed by atoms with E-state index in [9.17, 15) is 25.3 Å². The van der Waals surface area contributed by atoms with Crippen molar-refractivity contribution in [3.8, 4) is 11.5 Å². The van der Waals surface area contributed by atoms with E-state index < -0.39 is 15.5 Å². The fraction of sp³-hybridized carbons (Fsp3) is 0.350. The lowest BCUT2D eigenvalue weighted by Crippen LogP contribution is -2.24. The first-order valence-corrected chi connectivity index (χ1v) is 9.30. The molecule has 2 aromatic carbocycles. The number of hydrogen-bond acceptors (Lipinski definition) is 7. The van der Waals surface area contributed by atoms with Crippen molar-refractivity contribution in [3.05, 3.63) is 68.3 Å². The first kappa shape index (κ1) is 20.2. The minimum Gasteiger partial charge on any atom is -0.508 e. The van der Waals surface area contributed by atoms with Crippen LogP contribution in [0.2, 0.25) is 0 Å². The number of non-ortho nitro benzene ring substituents is 1. The molecule has 3 rings (SSSR count). The zero-order valence-corrected chi connectivity index (χ0v) is 15.9. The SMILES string of the molecule is C/C(=N\Oc1ccc([N+](=O)[O-])cc1[N+](=O)[O-])[C@@H]1CCCC[C@H]1c1cccc(O)c1. The molecule has 0 radical (unpaired) electrons. The number of nitrogens with zero attached hydrogens (tertiary/aromatic N) is 3. The summed E-state index contributed by atoms with van der Waals surface area (Å²) >= 11 is 0. The van der Waals surface area contributed by atoms with Gasteiger partial charge in [0.2, 0.25) is 5.75 Å². The molecule has 0 spiro atoms. The maximum absolute atomic E-state index is 11.2. The third kappa shape index (κ3) is 4.68. The Bertz CT molecular complexity index is 959. The summed E-state index contributed by atoms with van der Waals surface area (Å²) in [6.07, 6.45) is 3.93. The third-order valence-corrected chi connectivity index (χ3v) is 5.24. The van der Waals surface area contributed by atoms with E-state index in [1.165, 1.54) is 6.07 Å². The molecular formula is C20H21N3O6. The van der Waals surface area contributed by atoms with Crippen LogP contribution in [0.3, 0.4) is 0 Å². The number of benzene rings is 2. The van der Waals surface area contributed by atoms with Gasteiger partial charge in [0.1, 0.15) is 5.75 Å². The Labute approximate surface area is 166 Å². The van der Waals surface area contributed by atoms with Crippen LogP contribution in [-0.2, 0) is 0 Å². The van der Waals surface area contributed by atoms with E-state index in [2.05, 4.69) is 5.16 Å². The van der Waals surface area contributed by atoms with Gasteiger partial charge >= 0.3 is 5.69 Å². The smallest absolute Gasteiger partial charge is 0.321 e. The summed E-state index contributed by atoms with van der Waals surface area (Å²) in [7, 11) is 0. The summed E-state index contributed by atoms with van der Waals surface area (Å²) in [6, 6.07) is 10.3. The number of oxime groups is 1. The number of hydrogen-bond donors (Lipinski definition) is 1. The number of rotatable bonds is 6. The molecule has 0 amide bonds. The predicted molar refractivity (Wildman–Crippen MR) is 106 cm³/mol. The average molecular weight is 399 g/mol. The molecule has 0 heterocycles. The van der Waals surface area contributed by atoms with E-state index in [1.807, 2.05) is 13.0 Å². The van der Waals surface area contributed by atoms with Crippen molar-refractivity contribution in [1.82, 2.24) is 0 Å². The highest BCUT2D eigenvalue weighted by Gasteiger charge is 2.29. The number of nitro benzene ring substituents is 2. The summed E-state index contributed by atoms with van der Waals surface area (Å²) in [5.41, 5.74) is 0.807. The number of phenols is 1. The Kier molecular flexibility index (Phi) is 6.06. The van der Waals surface area contributed by atoms with Crippen LogP contribution in [0.5, 0.6) is 11.5 Å². The molecule has 1 aliphatic carbocycles. The van der Waals surface area contributed by atoms with E-state index in [4.69, 9.17) is 4.84 Å². The van der Waals surface area contributed by atoms with Crippen LogP contribution in [0.15, 0.2) is 47.6 Å². The van der Waals surface area contributed by atoms with Gasteiger partial charge < -0.3 is 9.94 Å². The predicted octanol–water partition coefficient (Wildman–Crippen LogP) is 4.94. The van der Waals surface area contributed by atoms with Gasteiger partial charge in [0.25, 0.3) is 5.69 Å². The van der Waals surface area contributed by atoms with Gasteiger partial charge in [-0.05, 0) is 49.4 Å². The highest BCUT2D eigenvalue weighted by Crippen LogP contribution is 2.40. The highest BCUT2D eigenvalue weighted by atomic mass is 16.7. The van der Waals surface area contributed by atoms with E-state index in [1.54, 1.807) is 18.2 Å². The van der Waals surface area contributed by atoms with Gasteiger partial charge in [0.15, 0.2) is 0 Å². The van der Waals surface area contributed by atoms with E-state index >= 15 is 0 Å². The lowest BCUT2D eigenvalue weighted by Gasteiger charge is -2.31. The van der Waals surface area contributed by atoms with Crippen molar-refractivity contribution in [2.75, 3.05) is 0 Å². The van der Waals surface area contributed by atoms with Gasteiger partial charge in [-0.2, -0.15) is 0 Å². The molecule has 0 saturated heterocycles. The first-order chi connectivity index (χ1) is 13.9. The Hall–Kier alpha value is -3.49. The van der Waals surface area contributed by atoms with Gasteiger partial charge in [-0.1, -0.05) is 30.1 Å². The Balaban J connectivity index is 1.84. The number of phenolic OH excluding ortho intramolecular Hbond substituents is 1. The Morgan fingerprint density at radius 1 is 1.10 bits per heavy atom. The van der Waals surface area contributed by atoms with Crippen molar-refractivity contribution >= 4 is 17.1 Å². The highest BCUT2D eigenvalue weighted by molar-refractivity contribution is 5.85. The molecule has 0 bridgehead atoms. The van der Waals surface area contributed by atoms with Crippen LogP contribution in [0.25, 0.3) is 0 Å². The van der Waals surface area contributed by atoms with Gasteiger partial charge in [0, 0.05) is 12.0 Å². The minimum atomic E-state index is -0.733. The van der Waals surface area contributed by atoms with Gasteiger partial charge in [0.05, 0.1) is 21.6 Å². The summed E-state index contributed by atoms with van der Waals surface area (Å²) < 4.78 is 0. The molecule has 0 unspecified atom stereocenters. The lowest BCUT2D eigenvalue weighted by atomic mass is 9.73. The van der Waals surface area contributed by atoms with Crippen LogP contribution >= 0.6 is 0 Å². The zero-order valence-electron chi connectivity index (χ0n) is 15.9. The van der Waals surface area contributed by atoms with Crippen molar-refractivity contribution in [2.45, 2.75) is 38.5 Å². The molecule has 152 valence electrons. The average Bonchev–Trinajstić information content (AvgIpc) is 2.71. The van der Waals surface area contributed by atoms with E-state index in [0.717, 1.165) is 43.4 Å². The van der Waals surface area contributed by atoms with Crippen LogP contribution < -0.4 is 4.84 Å². The van der Waals surface area contributed by atoms with E-state index in [-0.39, 0.29) is 29.0 Å². The van der Waals surface area contributed by atoms with Gasteiger partial charge in [-0.15, -0.1) is 0 Å². The summed E-state index contributed by atoms with van der Waals surface area (Å²) in [5.74, 6) is 0.293. The molecule has 1 fully saturated rings. The second kappa shape index (κ2) is 8.68. The second-order valence-corrected chi connectivity index (χ2v) is 7.08. The summed E-state index contributed by atoms with van der Waals surface area (Å²) in [5, 5.41) is 36.0. The van der Waals surface area contributed by atoms with Crippen LogP contribution in [0.4, 0.5) is 11.4 Å². The lowest BCUT2D eigenvalue weighted by molar-refractivity contribution is -0.394. The van der Waals surface area contributed by atoms with Crippen molar-refractivity contribution in [3.63, 3.8) is 0 Å². The van der Waals surface area contributed by atoms with Crippen LogP contribution in [0, 0.1) is 26.1 Å². The fourth-order valence-electron chi connectivity index (χ4n) is 3.81. The maximum atomic E-state index is 11.2. The van der Waals surface area contributed by atoms with Crippen LogP contribution in [0.1, 0.15) is 44.1 Å². The normalized spacial score (nSPS) is 19.6. The van der Waals surface area contributed by atoms with Crippen molar-refractivity contribution in [2.24, 2.45) is 11.1 Å². The minimum absolute atomic E-state index is 0.0719. The molecule has 0 aliphatic heterocycles. The topological polar surface area (TPSA) is 128 Å². The Morgan fingerprint density at radius 3 is 2.55 bits per heavy atom. The summed E-state index contributed by atoms with van der Waals surface area (Å²) in [6.45, 7) is 1.81. The summed E-state index contributed by atoms with van der Waals surface area (Å²) in [4.78, 5) is 26.0. The van der Waals surface area contributed by atoms with Gasteiger partial charge in [-0.25, -0.2) is 0 Å². The number of aromatic hydroxyl groups is 1. The fourth-order valence-corrected chi connectivity index (χ4v) is 3.81. The molecule has 9 heteroatoms. The molecule has 2 aromatic rings.